The first-order valence-electron chi connectivity index (χ1n) is 5.22. The first-order chi connectivity index (χ1) is 8.56. The summed E-state index contributed by atoms with van der Waals surface area (Å²) in [4.78, 5) is 8.47. The van der Waals surface area contributed by atoms with Gasteiger partial charge < -0.3 is 5.73 Å². The Labute approximate surface area is 131 Å². The maximum atomic E-state index is 6.18. The second-order valence-corrected chi connectivity index (χ2v) is 6.53. The summed E-state index contributed by atoms with van der Waals surface area (Å²) < 4.78 is 2.79. The molecule has 0 aliphatic rings. The van der Waals surface area contributed by atoms with Gasteiger partial charge in [-0.1, -0.05) is 0 Å². The fraction of sp³-hybridized carbons (Fsp3) is 0.167. The van der Waals surface area contributed by atoms with Crippen LogP contribution >= 0.6 is 47.8 Å². The summed E-state index contributed by atoms with van der Waals surface area (Å²) in [6, 6.07) is 3.80. The first kappa shape index (κ1) is 14.1. The van der Waals surface area contributed by atoms with E-state index in [0.717, 1.165) is 24.7 Å². The van der Waals surface area contributed by atoms with Gasteiger partial charge in [-0.2, -0.15) is 0 Å². The van der Waals surface area contributed by atoms with Crippen molar-refractivity contribution in [2.75, 3.05) is 0 Å². The minimum absolute atomic E-state index is 0.163. The van der Waals surface area contributed by atoms with Crippen molar-refractivity contribution in [2.45, 2.75) is 12.5 Å². The third-order valence-corrected chi connectivity index (χ3v) is 3.91. The molecule has 1 unspecified atom stereocenters. The van der Waals surface area contributed by atoms with E-state index in [1.807, 2.05) is 18.3 Å². The van der Waals surface area contributed by atoms with Crippen molar-refractivity contribution in [3.05, 3.63) is 55.4 Å². The standard InChI is InChI=1S/C12H10Br3N3/c13-8-1-7(4-17-5-8)2-11(16)12-10(15)3-9(14)6-18-12/h1,3-6,11H,2,16H2. The summed E-state index contributed by atoms with van der Waals surface area (Å²) in [6.45, 7) is 0. The first-order valence-corrected chi connectivity index (χ1v) is 7.60. The molecule has 2 N–H and O–H groups in total. The topological polar surface area (TPSA) is 51.8 Å². The number of hydrogen-bond acceptors (Lipinski definition) is 3. The van der Waals surface area contributed by atoms with E-state index in [2.05, 4.69) is 57.8 Å². The molecule has 0 spiro atoms. The molecule has 0 saturated carbocycles. The van der Waals surface area contributed by atoms with Gasteiger partial charge in [0.15, 0.2) is 0 Å². The van der Waals surface area contributed by atoms with Crippen molar-refractivity contribution in [1.82, 2.24) is 9.97 Å². The predicted molar refractivity (Wildman–Crippen MR) is 82.2 cm³/mol. The van der Waals surface area contributed by atoms with E-state index in [0.29, 0.717) is 6.42 Å². The SMILES string of the molecule is NC(Cc1cncc(Br)c1)c1ncc(Br)cc1Br. The Morgan fingerprint density at radius 2 is 1.78 bits per heavy atom. The van der Waals surface area contributed by atoms with Crippen molar-refractivity contribution in [3.8, 4) is 0 Å². The summed E-state index contributed by atoms with van der Waals surface area (Å²) in [5, 5.41) is 0. The van der Waals surface area contributed by atoms with E-state index < -0.39 is 0 Å². The molecule has 0 fully saturated rings. The second-order valence-electron chi connectivity index (χ2n) is 3.84. The van der Waals surface area contributed by atoms with E-state index in [9.17, 15) is 0 Å². The molecule has 0 amide bonds. The average molecular weight is 436 g/mol. The number of halogens is 3. The number of hydrogen-bond donors (Lipinski definition) is 1. The normalized spacial score (nSPS) is 12.4. The van der Waals surface area contributed by atoms with E-state index in [-0.39, 0.29) is 6.04 Å². The van der Waals surface area contributed by atoms with Gasteiger partial charge in [0.1, 0.15) is 0 Å². The van der Waals surface area contributed by atoms with Crippen LogP contribution in [0.4, 0.5) is 0 Å². The molecule has 18 heavy (non-hydrogen) atoms. The summed E-state index contributed by atoms with van der Waals surface area (Å²) in [6.07, 6.45) is 6.01. The van der Waals surface area contributed by atoms with Crippen LogP contribution in [-0.2, 0) is 6.42 Å². The molecule has 0 bridgehead atoms. The van der Waals surface area contributed by atoms with Gasteiger partial charge in [0.05, 0.1) is 11.7 Å². The highest BCUT2D eigenvalue weighted by molar-refractivity contribution is 9.11. The number of rotatable bonds is 3. The third-order valence-electron chi connectivity index (χ3n) is 2.40. The lowest BCUT2D eigenvalue weighted by molar-refractivity contribution is 0.689. The van der Waals surface area contributed by atoms with Gasteiger partial charge in [-0.25, -0.2) is 0 Å². The molecule has 0 radical (unpaired) electrons. The molecule has 94 valence electrons. The second kappa shape index (κ2) is 6.23. The summed E-state index contributed by atoms with van der Waals surface area (Å²) in [7, 11) is 0. The third kappa shape index (κ3) is 3.60. The number of pyridine rings is 2. The Morgan fingerprint density at radius 1 is 1.06 bits per heavy atom. The molecular weight excluding hydrogens is 426 g/mol. The van der Waals surface area contributed by atoms with Crippen LogP contribution in [0.25, 0.3) is 0 Å². The Bertz CT molecular complexity index is 560. The summed E-state index contributed by atoms with van der Waals surface area (Å²) in [5.74, 6) is 0. The van der Waals surface area contributed by atoms with Gasteiger partial charge in [0, 0.05) is 32.0 Å². The fourth-order valence-corrected chi connectivity index (χ4v) is 3.31. The Morgan fingerprint density at radius 3 is 2.44 bits per heavy atom. The van der Waals surface area contributed by atoms with Gasteiger partial charge in [0.25, 0.3) is 0 Å². The van der Waals surface area contributed by atoms with Crippen LogP contribution < -0.4 is 5.73 Å². The van der Waals surface area contributed by atoms with Crippen LogP contribution in [0.5, 0.6) is 0 Å². The predicted octanol–water partition coefficient (Wildman–Crippen LogP) is 4.01. The van der Waals surface area contributed by atoms with Crippen molar-refractivity contribution < 1.29 is 0 Å². The number of nitrogens with two attached hydrogens (primary N) is 1. The Hall–Kier alpha value is -0.300. The zero-order chi connectivity index (χ0) is 13.1. The highest BCUT2D eigenvalue weighted by Crippen LogP contribution is 2.25. The lowest BCUT2D eigenvalue weighted by Gasteiger charge is -2.13. The van der Waals surface area contributed by atoms with Crippen LogP contribution in [0, 0.1) is 0 Å². The molecule has 1 atom stereocenters. The van der Waals surface area contributed by atoms with Crippen LogP contribution in [0.15, 0.2) is 44.1 Å². The fourth-order valence-electron chi connectivity index (χ4n) is 1.62. The largest absolute Gasteiger partial charge is 0.322 e. The minimum atomic E-state index is -0.163. The molecule has 0 aliphatic heterocycles. The maximum absolute atomic E-state index is 6.18. The van der Waals surface area contributed by atoms with E-state index >= 15 is 0 Å². The lowest BCUT2D eigenvalue weighted by atomic mass is 10.1. The quantitative estimate of drug-likeness (QED) is 0.792. The van der Waals surface area contributed by atoms with Crippen LogP contribution in [0.1, 0.15) is 17.3 Å². The number of aromatic nitrogens is 2. The molecule has 3 nitrogen and oxygen atoms in total. The highest BCUT2D eigenvalue weighted by Gasteiger charge is 2.13. The Kier molecular flexibility index (Phi) is 4.89. The van der Waals surface area contributed by atoms with Crippen molar-refractivity contribution in [3.63, 3.8) is 0 Å². The van der Waals surface area contributed by atoms with E-state index in [1.165, 1.54) is 0 Å². The van der Waals surface area contributed by atoms with E-state index in [1.54, 1.807) is 12.4 Å². The van der Waals surface area contributed by atoms with Crippen LogP contribution in [0.3, 0.4) is 0 Å². The maximum Gasteiger partial charge on any atom is 0.0716 e. The Balaban J connectivity index is 2.19. The van der Waals surface area contributed by atoms with Crippen molar-refractivity contribution in [2.24, 2.45) is 5.73 Å². The average Bonchev–Trinajstić information content (AvgIpc) is 2.28. The van der Waals surface area contributed by atoms with Gasteiger partial charge in [-0.15, -0.1) is 0 Å². The molecule has 0 aromatic carbocycles. The van der Waals surface area contributed by atoms with Gasteiger partial charge in [-0.05, 0) is 71.9 Å². The molecule has 0 saturated heterocycles. The molecule has 2 heterocycles. The van der Waals surface area contributed by atoms with Crippen molar-refractivity contribution >= 4 is 47.8 Å². The zero-order valence-corrected chi connectivity index (χ0v) is 14.0. The summed E-state index contributed by atoms with van der Waals surface area (Å²) >= 11 is 10.2. The van der Waals surface area contributed by atoms with Gasteiger partial charge in [-0.3, -0.25) is 9.97 Å². The molecular formula is C12H10Br3N3. The summed E-state index contributed by atoms with van der Waals surface area (Å²) in [5.41, 5.74) is 8.10. The van der Waals surface area contributed by atoms with Gasteiger partial charge in [0.2, 0.25) is 0 Å². The molecule has 6 heteroatoms. The smallest absolute Gasteiger partial charge is 0.0716 e. The van der Waals surface area contributed by atoms with Crippen LogP contribution in [0.2, 0.25) is 0 Å². The highest BCUT2D eigenvalue weighted by atomic mass is 79.9. The van der Waals surface area contributed by atoms with E-state index in [4.69, 9.17) is 5.73 Å². The molecule has 2 aromatic heterocycles. The lowest BCUT2D eigenvalue weighted by Crippen LogP contribution is -2.15. The monoisotopic (exact) mass is 433 g/mol. The van der Waals surface area contributed by atoms with Crippen LogP contribution in [-0.4, -0.2) is 9.97 Å². The minimum Gasteiger partial charge on any atom is -0.322 e. The molecule has 2 aromatic rings. The molecule has 2 rings (SSSR count). The van der Waals surface area contributed by atoms with Crippen molar-refractivity contribution in [1.29, 1.82) is 0 Å². The molecule has 0 aliphatic carbocycles. The van der Waals surface area contributed by atoms with Gasteiger partial charge >= 0.3 is 0 Å². The number of nitrogens with zero attached hydrogens (tertiary/aromatic N) is 2. The zero-order valence-electron chi connectivity index (χ0n) is 9.28.